The first-order valence-corrected chi connectivity index (χ1v) is 6.99. The molecule has 0 aliphatic heterocycles. The predicted molar refractivity (Wildman–Crippen MR) is 74.7 cm³/mol. The maximum Gasteiger partial charge on any atom is 0.178 e. The molecular weight excluding hydrogens is 255 g/mol. The Morgan fingerprint density at radius 2 is 2.18 bits per heavy atom. The van der Waals surface area contributed by atoms with Gasteiger partial charge >= 0.3 is 0 Å². The van der Waals surface area contributed by atoms with Crippen LogP contribution in [-0.2, 0) is 6.54 Å². The first kappa shape index (κ1) is 12.6. The van der Waals surface area contributed by atoms with Crippen LogP contribution in [0.2, 0.25) is 0 Å². The van der Waals surface area contributed by atoms with Gasteiger partial charge in [0.15, 0.2) is 4.77 Å². The molecule has 1 N–H and O–H groups in total. The van der Waals surface area contributed by atoms with E-state index in [1.54, 1.807) is 17.8 Å². The van der Waals surface area contributed by atoms with Gasteiger partial charge in [-0.15, -0.1) is 0 Å². The molecule has 2 rings (SSSR count). The number of aromatic nitrogens is 2. The minimum atomic E-state index is -0.234. The highest BCUT2D eigenvalue weighted by Gasteiger charge is 2.18. The minimum Gasteiger partial charge on any atom is -0.331 e. The monoisotopic (exact) mass is 270 g/mol. The van der Waals surface area contributed by atoms with E-state index in [0.29, 0.717) is 4.77 Å². The molecule has 1 aromatic carbocycles. The number of imidazole rings is 1. The van der Waals surface area contributed by atoms with Crippen molar-refractivity contribution in [1.82, 2.24) is 9.55 Å². The van der Waals surface area contributed by atoms with E-state index in [1.807, 2.05) is 4.57 Å². The van der Waals surface area contributed by atoms with Gasteiger partial charge in [-0.1, -0.05) is 0 Å². The Kier molecular flexibility index (Phi) is 3.32. The standard InChI is InChI=1S/C12H15FN2S2/c1-12(2,17-3)7-15-10-6-8(13)4-5-9(10)14-11(15)16/h4-6H,7H2,1-3H3,(H,14,16). The predicted octanol–water partition coefficient (Wildman–Crippen LogP) is 3.98. The second kappa shape index (κ2) is 4.46. The lowest BCUT2D eigenvalue weighted by molar-refractivity contribution is 0.572. The van der Waals surface area contributed by atoms with E-state index in [1.165, 1.54) is 12.1 Å². The summed E-state index contributed by atoms with van der Waals surface area (Å²) in [4.78, 5) is 3.10. The molecule has 0 fully saturated rings. The first-order chi connectivity index (χ1) is 7.93. The summed E-state index contributed by atoms with van der Waals surface area (Å²) in [6.07, 6.45) is 2.07. The number of hydrogen-bond donors (Lipinski definition) is 1. The van der Waals surface area contributed by atoms with Crippen LogP contribution in [0, 0.1) is 10.6 Å². The largest absolute Gasteiger partial charge is 0.331 e. The summed E-state index contributed by atoms with van der Waals surface area (Å²) in [5, 5.41) is 0. The van der Waals surface area contributed by atoms with E-state index < -0.39 is 0 Å². The summed E-state index contributed by atoms with van der Waals surface area (Å²) in [6, 6.07) is 4.69. The van der Waals surface area contributed by atoms with Crippen LogP contribution in [0.25, 0.3) is 11.0 Å². The van der Waals surface area contributed by atoms with E-state index >= 15 is 0 Å². The summed E-state index contributed by atoms with van der Waals surface area (Å²) in [7, 11) is 0. The normalized spacial score (nSPS) is 12.2. The van der Waals surface area contributed by atoms with Gasteiger partial charge in [0.05, 0.1) is 11.0 Å². The number of nitrogens with zero attached hydrogens (tertiary/aromatic N) is 1. The maximum absolute atomic E-state index is 13.3. The quantitative estimate of drug-likeness (QED) is 0.852. The van der Waals surface area contributed by atoms with Crippen LogP contribution in [0.4, 0.5) is 4.39 Å². The van der Waals surface area contributed by atoms with E-state index in [4.69, 9.17) is 12.2 Å². The summed E-state index contributed by atoms with van der Waals surface area (Å²) < 4.78 is 16.0. The molecule has 0 aliphatic rings. The number of nitrogens with one attached hydrogen (secondary N) is 1. The fraction of sp³-hybridized carbons (Fsp3) is 0.417. The number of fused-ring (bicyclic) bond motifs is 1. The number of aromatic amines is 1. The van der Waals surface area contributed by atoms with Gasteiger partial charge in [0.1, 0.15) is 5.82 Å². The topological polar surface area (TPSA) is 20.7 Å². The van der Waals surface area contributed by atoms with Crippen LogP contribution in [-0.4, -0.2) is 20.6 Å². The minimum absolute atomic E-state index is 0.0691. The van der Waals surface area contributed by atoms with Crippen molar-refractivity contribution < 1.29 is 4.39 Å². The van der Waals surface area contributed by atoms with Gasteiger partial charge in [-0.25, -0.2) is 4.39 Å². The number of thioether (sulfide) groups is 1. The zero-order valence-electron chi connectivity index (χ0n) is 10.1. The zero-order chi connectivity index (χ0) is 12.6. The average molecular weight is 270 g/mol. The van der Waals surface area contributed by atoms with Crippen molar-refractivity contribution in [1.29, 1.82) is 0 Å². The summed E-state index contributed by atoms with van der Waals surface area (Å²) in [5.74, 6) is -0.234. The van der Waals surface area contributed by atoms with Gasteiger partial charge in [-0.3, -0.25) is 0 Å². The second-order valence-electron chi connectivity index (χ2n) is 4.64. The molecule has 17 heavy (non-hydrogen) atoms. The Morgan fingerprint density at radius 3 is 2.82 bits per heavy atom. The second-order valence-corrected chi connectivity index (χ2v) is 6.54. The van der Waals surface area contributed by atoms with E-state index in [0.717, 1.165) is 17.6 Å². The Hall–Kier alpha value is -0.810. The molecule has 1 heterocycles. The smallest absolute Gasteiger partial charge is 0.178 e. The van der Waals surface area contributed by atoms with Crippen molar-refractivity contribution >= 4 is 35.0 Å². The molecule has 0 bridgehead atoms. The summed E-state index contributed by atoms with van der Waals surface area (Å²) in [5.41, 5.74) is 1.71. The molecule has 5 heteroatoms. The molecule has 1 aromatic heterocycles. The molecule has 0 aliphatic carbocycles. The molecule has 0 radical (unpaired) electrons. The van der Waals surface area contributed by atoms with Gasteiger partial charge in [0.2, 0.25) is 0 Å². The van der Waals surface area contributed by atoms with Gasteiger partial charge in [-0.2, -0.15) is 11.8 Å². The van der Waals surface area contributed by atoms with Gasteiger partial charge in [0.25, 0.3) is 0 Å². The lowest BCUT2D eigenvalue weighted by atomic mass is 10.2. The van der Waals surface area contributed by atoms with Gasteiger partial charge in [0, 0.05) is 11.3 Å². The number of benzene rings is 1. The van der Waals surface area contributed by atoms with E-state index in [-0.39, 0.29) is 10.6 Å². The molecule has 0 saturated heterocycles. The third-order valence-electron chi connectivity index (χ3n) is 2.83. The van der Waals surface area contributed by atoms with Crippen LogP contribution in [0.3, 0.4) is 0 Å². The molecule has 0 amide bonds. The average Bonchev–Trinajstić information content (AvgIpc) is 2.56. The van der Waals surface area contributed by atoms with Crippen LogP contribution >= 0.6 is 24.0 Å². The van der Waals surface area contributed by atoms with Crippen molar-refractivity contribution in [2.75, 3.05) is 6.26 Å². The Bertz CT molecular complexity index is 598. The SMILES string of the molecule is CSC(C)(C)Cn1c(=S)[nH]c2ccc(F)cc21. The van der Waals surface area contributed by atoms with Gasteiger partial charge < -0.3 is 9.55 Å². The molecule has 92 valence electrons. The fourth-order valence-corrected chi connectivity index (χ4v) is 2.26. The number of H-pyrrole nitrogens is 1. The van der Waals surface area contributed by atoms with E-state index in [2.05, 4.69) is 25.1 Å². The Balaban J connectivity index is 2.56. The highest BCUT2D eigenvalue weighted by molar-refractivity contribution is 7.99. The fourth-order valence-electron chi connectivity index (χ4n) is 1.73. The lowest BCUT2D eigenvalue weighted by Crippen LogP contribution is -2.22. The molecule has 0 unspecified atom stereocenters. The van der Waals surface area contributed by atoms with Crippen LogP contribution < -0.4 is 0 Å². The molecule has 0 atom stereocenters. The number of rotatable bonds is 3. The highest BCUT2D eigenvalue weighted by Crippen LogP contribution is 2.26. The molecule has 2 aromatic rings. The maximum atomic E-state index is 13.3. The van der Waals surface area contributed by atoms with Crippen molar-refractivity contribution in [3.05, 3.63) is 28.8 Å². The van der Waals surface area contributed by atoms with Crippen LogP contribution in [0.1, 0.15) is 13.8 Å². The molecule has 0 spiro atoms. The van der Waals surface area contributed by atoms with Crippen LogP contribution in [0.15, 0.2) is 18.2 Å². The number of halogens is 1. The molecular formula is C12H15FN2S2. The van der Waals surface area contributed by atoms with Crippen molar-refractivity contribution in [3.8, 4) is 0 Å². The third-order valence-corrected chi connectivity index (χ3v) is 4.39. The van der Waals surface area contributed by atoms with Crippen molar-refractivity contribution in [2.24, 2.45) is 0 Å². The third kappa shape index (κ3) is 2.55. The summed E-state index contributed by atoms with van der Waals surface area (Å²) in [6.45, 7) is 5.06. The van der Waals surface area contributed by atoms with Crippen LogP contribution in [0.5, 0.6) is 0 Å². The van der Waals surface area contributed by atoms with Crippen molar-refractivity contribution in [3.63, 3.8) is 0 Å². The van der Waals surface area contributed by atoms with E-state index in [9.17, 15) is 4.39 Å². The van der Waals surface area contributed by atoms with Gasteiger partial charge in [-0.05, 0) is 50.5 Å². The first-order valence-electron chi connectivity index (χ1n) is 5.36. The number of hydrogen-bond acceptors (Lipinski definition) is 2. The van der Waals surface area contributed by atoms with Crippen molar-refractivity contribution in [2.45, 2.75) is 25.1 Å². The highest BCUT2D eigenvalue weighted by atomic mass is 32.2. The molecule has 2 nitrogen and oxygen atoms in total. The Morgan fingerprint density at radius 1 is 1.47 bits per heavy atom. The Labute approximate surface area is 109 Å². The zero-order valence-corrected chi connectivity index (χ0v) is 11.7. The summed E-state index contributed by atoms with van der Waals surface area (Å²) >= 11 is 7.06. The lowest BCUT2D eigenvalue weighted by Gasteiger charge is -2.22. The molecule has 0 saturated carbocycles.